The second kappa shape index (κ2) is 11.8. The van der Waals surface area contributed by atoms with Gasteiger partial charge in [0.1, 0.15) is 5.60 Å². The van der Waals surface area contributed by atoms with E-state index in [1.54, 1.807) is 0 Å². The van der Waals surface area contributed by atoms with Crippen LogP contribution in [0.5, 0.6) is 0 Å². The molecule has 0 aliphatic carbocycles. The molecule has 1 unspecified atom stereocenters. The van der Waals surface area contributed by atoms with Crippen molar-refractivity contribution in [1.82, 2.24) is 16.0 Å². The molecule has 0 aromatic carbocycles. The van der Waals surface area contributed by atoms with Crippen molar-refractivity contribution in [1.29, 1.82) is 0 Å². The van der Waals surface area contributed by atoms with Gasteiger partial charge in [0.25, 0.3) is 0 Å². The van der Waals surface area contributed by atoms with Crippen LogP contribution in [0.3, 0.4) is 0 Å². The fourth-order valence-corrected chi connectivity index (χ4v) is 1.81. The number of carbonyl (C=O) groups excluding carboxylic acids is 1. The van der Waals surface area contributed by atoms with Crippen molar-refractivity contribution in [2.45, 2.75) is 73.0 Å². The van der Waals surface area contributed by atoms with E-state index in [9.17, 15) is 9.90 Å². The zero-order valence-corrected chi connectivity index (χ0v) is 20.0. The molecule has 1 atom stereocenters. The summed E-state index contributed by atoms with van der Waals surface area (Å²) >= 11 is 0. The molecule has 156 valence electrons. The molecule has 26 heavy (non-hydrogen) atoms. The number of amides is 1. The first-order chi connectivity index (χ1) is 11.4. The molecule has 0 fully saturated rings. The van der Waals surface area contributed by atoms with Crippen LogP contribution in [0.25, 0.3) is 0 Å². The Bertz CT molecular complexity index is 444. The fraction of sp³-hybridized carbons (Fsp3) is 0.889. The van der Waals surface area contributed by atoms with E-state index in [2.05, 4.69) is 20.9 Å². The number of ether oxygens (including phenoxy) is 1. The number of aliphatic hydroxyl groups is 1. The summed E-state index contributed by atoms with van der Waals surface area (Å²) < 4.78 is 5.30. The van der Waals surface area contributed by atoms with Crippen molar-refractivity contribution in [2.24, 2.45) is 10.4 Å². The van der Waals surface area contributed by atoms with Gasteiger partial charge in [-0.1, -0.05) is 13.8 Å². The van der Waals surface area contributed by atoms with Crippen molar-refractivity contribution in [3.63, 3.8) is 0 Å². The Morgan fingerprint density at radius 3 is 2.08 bits per heavy atom. The number of nitrogens with one attached hydrogen (secondary N) is 3. The molecule has 8 heteroatoms. The Morgan fingerprint density at radius 2 is 1.65 bits per heavy atom. The molecule has 0 aliphatic heterocycles. The first kappa shape index (κ1) is 27.4. The third-order valence-corrected chi connectivity index (χ3v) is 3.74. The van der Waals surface area contributed by atoms with E-state index in [1.807, 2.05) is 55.4 Å². The number of nitrogens with zero attached hydrogens (tertiary/aromatic N) is 1. The molecule has 1 amide bonds. The molecular weight excluding hydrogens is 447 g/mol. The van der Waals surface area contributed by atoms with E-state index in [-0.39, 0.29) is 36.0 Å². The fourth-order valence-electron chi connectivity index (χ4n) is 1.81. The minimum atomic E-state index is -0.529. The highest BCUT2D eigenvalue weighted by Gasteiger charge is 2.25. The van der Waals surface area contributed by atoms with E-state index in [0.29, 0.717) is 19.0 Å². The maximum Gasteiger partial charge on any atom is 0.408 e. The molecule has 0 rings (SSSR count). The molecule has 0 radical (unpaired) electrons. The number of alkyl carbamates (subject to hydrolysis) is 1. The normalized spacial score (nSPS) is 14.7. The average molecular weight is 486 g/mol. The summed E-state index contributed by atoms with van der Waals surface area (Å²) in [5, 5.41) is 18.8. The Balaban J connectivity index is 0. The molecule has 4 N–H and O–H groups in total. The lowest BCUT2D eigenvalue weighted by molar-refractivity contribution is 0.0474. The Kier molecular flexibility index (Phi) is 12.5. The van der Waals surface area contributed by atoms with Gasteiger partial charge in [-0.3, -0.25) is 4.99 Å². The van der Waals surface area contributed by atoms with Gasteiger partial charge in [0, 0.05) is 18.5 Å². The zero-order chi connectivity index (χ0) is 19.7. The van der Waals surface area contributed by atoms with Gasteiger partial charge in [0.2, 0.25) is 0 Å². The lowest BCUT2D eigenvalue weighted by Gasteiger charge is -2.30. The van der Waals surface area contributed by atoms with Crippen molar-refractivity contribution >= 4 is 36.0 Å². The van der Waals surface area contributed by atoms with E-state index >= 15 is 0 Å². The Hall–Kier alpha value is -0.770. The Labute approximate surface area is 176 Å². The topological polar surface area (TPSA) is 95.0 Å². The summed E-state index contributed by atoms with van der Waals surface area (Å²) in [6.07, 6.45) is 0.401. The maximum absolute atomic E-state index is 11.9. The Morgan fingerprint density at radius 1 is 1.08 bits per heavy atom. The summed E-state index contributed by atoms with van der Waals surface area (Å²) in [6.45, 7) is 17.2. The number of halogens is 1. The molecule has 0 heterocycles. The predicted molar refractivity (Wildman–Crippen MR) is 118 cm³/mol. The highest BCUT2D eigenvalue weighted by molar-refractivity contribution is 14.0. The van der Waals surface area contributed by atoms with Crippen molar-refractivity contribution in [3.8, 4) is 0 Å². The summed E-state index contributed by atoms with van der Waals surface area (Å²) in [4.78, 5) is 16.5. The number of aliphatic hydroxyl groups excluding tert-OH is 1. The molecule has 0 saturated carbocycles. The van der Waals surface area contributed by atoms with Crippen molar-refractivity contribution < 1.29 is 14.6 Å². The average Bonchev–Trinajstić information content (AvgIpc) is 2.47. The first-order valence-electron chi connectivity index (χ1n) is 9.00. The minimum absolute atomic E-state index is 0. The number of hydrogen-bond donors (Lipinski definition) is 4. The molecule has 0 spiro atoms. The molecular formula is C18H39IN4O3. The van der Waals surface area contributed by atoms with Gasteiger partial charge in [0.15, 0.2) is 5.96 Å². The SMILES string of the molecule is CCNC(=NCC(C)(CC)CO)NCC(C)(C)NC(=O)OC(C)(C)C.I. The summed E-state index contributed by atoms with van der Waals surface area (Å²) in [5.41, 5.74) is -1.27. The van der Waals surface area contributed by atoms with Gasteiger partial charge in [-0.05, 0) is 48.0 Å². The number of aliphatic imine (C=N–C) groups is 1. The van der Waals surface area contributed by atoms with Gasteiger partial charge < -0.3 is 25.8 Å². The van der Waals surface area contributed by atoms with E-state index < -0.39 is 17.2 Å². The smallest absolute Gasteiger partial charge is 0.408 e. The maximum atomic E-state index is 11.9. The lowest BCUT2D eigenvalue weighted by Crippen LogP contribution is -2.54. The first-order valence-corrected chi connectivity index (χ1v) is 9.00. The second-order valence-corrected chi connectivity index (χ2v) is 8.38. The molecule has 7 nitrogen and oxygen atoms in total. The monoisotopic (exact) mass is 486 g/mol. The van der Waals surface area contributed by atoms with Crippen LogP contribution in [0.15, 0.2) is 4.99 Å². The quantitative estimate of drug-likeness (QED) is 0.241. The van der Waals surface area contributed by atoms with Crippen LogP contribution in [0, 0.1) is 5.41 Å². The van der Waals surface area contributed by atoms with Crippen molar-refractivity contribution in [3.05, 3.63) is 0 Å². The number of rotatable bonds is 8. The highest BCUT2D eigenvalue weighted by Crippen LogP contribution is 2.20. The van der Waals surface area contributed by atoms with Crippen molar-refractivity contribution in [2.75, 3.05) is 26.2 Å². The van der Waals surface area contributed by atoms with Crippen LogP contribution in [0.1, 0.15) is 61.8 Å². The second-order valence-electron chi connectivity index (χ2n) is 8.38. The standard InChI is InChI=1S/C18H38N4O3.HI/c1-9-18(8,13-23)12-21-14(19-10-2)20-11-17(6,7)22-15(24)25-16(3,4)5;/h23H,9-13H2,1-8H3,(H,22,24)(H2,19,20,21);1H. The van der Waals surface area contributed by atoms with Crippen LogP contribution in [0.2, 0.25) is 0 Å². The van der Waals surface area contributed by atoms with Crippen LogP contribution >= 0.6 is 24.0 Å². The van der Waals surface area contributed by atoms with E-state index in [0.717, 1.165) is 13.0 Å². The predicted octanol–water partition coefficient (Wildman–Crippen LogP) is 2.87. The molecule has 0 saturated heterocycles. The molecule has 0 aromatic rings. The third kappa shape index (κ3) is 12.6. The number of carbonyl (C=O) groups is 1. The molecule has 0 aliphatic rings. The van der Waals surface area contributed by atoms with Gasteiger partial charge in [-0.2, -0.15) is 0 Å². The minimum Gasteiger partial charge on any atom is -0.444 e. The van der Waals surface area contributed by atoms with Gasteiger partial charge in [-0.15, -0.1) is 24.0 Å². The number of hydrogen-bond acceptors (Lipinski definition) is 4. The van der Waals surface area contributed by atoms with E-state index in [4.69, 9.17) is 4.74 Å². The van der Waals surface area contributed by atoms with Gasteiger partial charge >= 0.3 is 6.09 Å². The molecule has 0 aromatic heterocycles. The van der Waals surface area contributed by atoms with Crippen LogP contribution in [-0.4, -0.2) is 54.5 Å². The largest absolute Gasteiger partial charge is 0.444 e. The van der Waals surface area contributed by atoms with Gasteiger partial charge in [0.05, 0.1) is 18.7 Å². The molecule has 0 bridgehead atoms. The van der Waals surface area contributed by atoms with E-state index in [1.165, 1.54) is 0 Å². The van der Waals surface area contributed by atoms with Crippen LogP contribution in [0.4, 0.5) is 4.79 Å². The summed E-state index contributed by atoms with van der Waals surface area (Å²) in [5.74, 6) is 0.662. The summed E-state index contributed by atoms with van der Waals surface area (Å²) in [6, 6.07) is 0. The van der Waals surface area contributed by atoms with Crippen LogP contribution < -0.4 is 16.0 Å². The van der Waals surface area contributed by atoms with Gasteiger partial charge in [-0.25, -0.2) is 4.79 Å². The lowest BCUT2D eigenvalue weighted by atomic mass is 9.89. The van der Waals surface area contributed by atoms with Crippen LogP contribution in [-0.2, 0) is 4.74 Å². The number of guanidine groups is 1. The third-order valence-electron chi connectivity index (χ3n) is 3.74. The zero-order valence-electron chi connectivity index (χ0n) is 17.7. The summed E-state index contributed by atoms with van der Waals surface area (Å²) in [7, 11) is 0. The highest BCUT2D eigenvalue weighted by atomic mass is 127.